The number of aliphatic hydroxyl groups is 1. The second kappa shape index (κ2) is 6.64. The van der Waals surface area contributed by atoms with Gasteiger partial charge in [-0.15, -0.1) is 0 Å². The fourth-order valence-corrected chi connectivity index (χ4v) is 2.37. The van der Waals surface area contributed by atoms with E-state index in [0.29, 0.717) is 16.9 Å². The SMILES string of the molecule is Cc1cc(C(=O)Nc2cccc(CO)c2)nn1-c1ccc(F)cc1. The molecular formula is C18H16FN3O2. The minimum atomic E-state index is -0.353. The third kappa shape index (κ3) is 3.33. The van der Waals surface area contributed by atoms with Crippen LogP contribution in [0.1, 0.15) is 21.7 Å². The van der Waals surface area contributed by atoms with Crippen LogP contribution in [0.4, 0.5) is 10.1 Å². The van der Waals surface area contributed by atoms with Crippen LogP contribution >= 0.6 is 0 Å². The van der Waals surface area contributed by atoms with Crippen molar-refractivity contribution in [3.8, 4) is 5.69 Å². The molecule has 1 heterocycles. The molecule has 2 aromatic carbocycles. The van der Waals surface area contributed by atoms with Crippen LogP contribution in [0.2, 0.25) is 0 Å². The van der Waals surface area contributed by atoms with Gasteiger partial charge in [-0.1, -0.05) is 12.1 Å². The Hall–Kier alpha value is -2.99. The van der Waals surface area contributed by atoms with E-state index in [1.165, 1.54) is 12.1 Å². The molecule has 3 aromatic rings. The Morgan fingerprint density at radius 1 is 1.21 bits per heavy atom. The van der Waals surface area contributed by atoms with Crippen LogP contribution in [0.25, 0.3) is 5.69 Å². The highest BCUT2D eigenvalue weighted by molar-refractivity contribution is 6.03. The zero-order valence-corrected chi connectivity index (χ0v) is 13.0. The number of aliphatic hydroxyl groups excluding tert-OH is 1. The average Bonchev–Trinajstić information content (AvgIpc) is 2.98. The second-order valence-electron chi connectivity index (χ2n) is 5.37. The molecule has 0 aliphatic rings. The van der Waals surface area contributed by atoms with Crippen LogP contribution in [0.5, 0.6) is 0 Å². The predicted molar refractivity (Wildman–Crippen MR) is 88.6 cm³/mol. The molecule has 122 valence electrons. The minimum absolute atomic E-state index is 0.0952. The predicted octanol–water partition coefficient (Wildman–Crippen LogP) is 3.06. The maximum Gasteiger partial charge on any atom is 0.276 e. The van der Waals surface area contributed by atoms with Gasteiger partial charge in [-0.2, -0.15) is 5.10 Å². The van der Waals surface area contributed by atoms with Crippen LogP contribution in [-0.4, -0.2) is 20.8 Å². The first-order valence-electron chi connectivity index (χ1n) is 7.40. The summed E-state index contributed by atoms with van der Waals surface area (Å²) in [4.78, 5) is 12.4. The average molecular weight is 325 g/mol. The van der Waals surface area contributed by atoms with E-state index in [-0.39, 0.29) is 24.0 Å². The van der Waals surface area contributed by atoms with Gasteiger partial charge < -0.3 is 10.4 Å². The molecule has 3 rings (SSSR count). The summed E-state index contributed by atoms with van der Waals surface area (Å²) < 4.78 is 14.6. The Bertz CT molecular complexity index is 872. The number of rotatable bonds is 4. The Labute approximate surface area is 138 Å². The van der Waals surface area contributed by atoms with Gasteiger partial charge in [-0.25, -0.2) is 9.07 Å². The molecule has 0 saturated heterocycles. The van der Waals surface area contributed by atoms with E-state index >= 15 is 0 Å². The number of hydrogen-bond acceptors (Lipinski definition) is 3. The van der Waals surface area contributed by atoms with E-state index < -0.39 is 0 Å². The summed E-state index contributed by atoms with van der Waals surface area (Å²) in [5, 5.41) is 16.2. The first-order chi connectivity index (χ1) is 11.6. The zero-order valence-electron chi connectivity index (χ0n) is 13.0. The lowest BCUT2D eigenvalue weighted by atomic mass is 10.2. The number of halogens is 1. The highest BCUT2D eigenvalue weighted by atomic mass is 19.1. The van der Waals surface area contributed by atoms with E-state index in [2.05, 4.69) is 10.4 Å². The highest BCUT2D eigenvalue weighted by Crippen LogP contribution is 2.15. The molecule has 2 N–H and O–H groups in total. The lowest BCUT2D eigenvalue weighted by molar-refractivity contribution is 0.102. The zero-order chi connectivity index (χ0) is 17.1. The van der Waals surface area contributed by atoms with Crippen molar-refractivity contribution in [3.63, 3.8) is 0 Å². The van der Waals surface area contributed by atoms with Gasteiger partial charge in [-0.3, -0.25) is 4.79 Å². The lowest BCUT2D eigenvalue weighted by Crippen LogP contribution is -2.13. The second-order valence-corrected chi connectivity index (χ2v) is 5.37. The molecular weight excluding hydrogens is 309 g/mol. The van der Waals surface area contributed by atoms with Crippen molar-refractivity contribution < 1.29 is 14.3 Å². The van der Waals surface area contributed by atoms with Gasteiger partial charge in [0.2, 0.25) is 0 Å². The number of amides is 1. The van der Waals surface area contributed by atoms with Crippen molar-refractivity contribution in [3.05, 3.63) is 77.4 Å². The molecule has 0 saturated carbocycles. The van der Waals surface area contributed by atoms with Gasteiger partial charge >= 0.3 is 0 Å². The van der Waals surface area contributed by atoms with Crippen molar-refractivity contribution >= 4 is 11.6 Å². The molecule has 1 amide bonds. The quantitative estimate of drug-likeness (QED) is 0.775. The molecule has 5 nitrogen and oxygen atoms in total. The Morgan fingerprint density at radius 3 is 2.67 bits per heavy atom. The van der Waals surface area contributed by atoms with E-state index in [9.17, 15) is 9.18 Å². The number of carbonyl (C=O) groups is 1. The molecule has 0 radical (unpaired) electrons. The summed E-state index contributed by atoms with van der Waals surface area (Å²) in [6.45, 7) is 1.72. The number of nitrogens with one attached hydrogen (secondary N) is 1. The number of hydrogen-bond donors (Lipinski definition) is 2. The van der Waals surface area contributed by atoms with E-state index in [1.54, 1.807) is 47.1 Å². The summed E-state index contributed by atoms with van der Waals surface area (Å²) in [6, 6.07) is 14.5. The number of benzene rings is 2. The van der Waals surface area contributed by atoms with E-state index in [4.69, 9.17) is 5.11 Å². The molecule has 0 aliphatic carbocycles. The van der Waals surface area contributed by atoms with Gasteiger partial charge in [0, 0.05) is 11.4 Å². The number of aryl methyl sites for hydroxylation is 1. The summed E-state index contributed by atoms with van der Waals surface area (Å²) in [5.41, 5.74) is 2.98. The summed E-state index contributed by atoms with van der Waals surface area (Å²) >= 11 is 0. The number of nitrogens with zero attached hydrogens (tertiary/aromatic N) is 2. The smallest absolute Gasteiger partial charge is 0.276 e. The molecule has 1 aromatic heterocycles. The van der Waals surface area contributed by atoms with Crippen molar-refractivity contribution in [1.29, 1.82) is 0 Å². The normalized spacial score (nSPS) is 10.6. The number of aromatic nitrogens is 2. The van der Waals surface area contributed by atoms with Crippen LogP contribution in [0.15, 0.2) is 54.6 Å². The molecule has 0 fully saturated rings. The van der Waals surface area contributed by atoms with Crippen LogP contribution in [0, 0.1) is 12.7 Å². The largest absolute Gasteiger partial charge is 0.392 e. The van der Waals surface area contributed by atoms with Gasteiger partial charge in [0.05, 0.1) is 12.3 Å². The fraction of sp³-hybridized carbons (Fsp3) is 0.111. The Balaban J connectivity index is 1.83. The van der Waals surface area contributed by atoms with Crippen LogP contribution in [0.3, 0.4) is 0 Å². The van der Waals surface area contributed by atoms with Gasteiger partial charge in [0.1, 0.15) is 5.82 Å². The van der Waals surface area contributed by atoms with Crippen molar-refractivity contribution in [2.24, 2.45) is 0 Å². The Morgan fingerprint density at radius 2 is 1.96 bits per heavy atom. The van der Waals surface area contributed by atoms with E-state index in [1.807, 2.05) is 6.92 Å². The van der Waals surface area contributed by atoms with Crippen molar-refractivity contribution in [1.82, 2.24) is 9.78 Å². The maximum atomic E-state index is 13.0. The molecule has 0 spiro atoms. The summed E-state index contributed by atoms with van der Waals surface area (Å²) in [6.07, 6.45) is 0. The first kappa shape index (κ1) is 15.9. The topological polar surface area (TPSA) is 67.2 Å². The highest BCUT2D eigenvalue weighted by Gasteiger charge is 2.13. The molecule has 6 heteroatoms. The standard InChI is InChI=1S/C18H16FN3O2/c1-12-9-17(21-22(12)16-7-5-14(19)6-8-16)18(24)20-15-4-2-3-13(10-15)11-23/h2-10,23H,11H2,1H3,(H,20,24). The molecule has 24 heavy (non-hydrogen) atoms. The minimum Gasteiger partial charge on any atom is -0.392 e. The van der Waals surface area contributed by atoms with Crippen molar-refractivity contribution in [2.45, 2.75) is 13.5 Å². The monoisotopic (exact) mass is 325 g/mol. The molecule has 0 aliphatic heterocycles. The van der Waals surface area contributed by atoms with Crippen molar-refractivity contribution in [2.75, 3.05) is 5.32 Å². The van der Waals surface area contributed by atoms with Crippen LogP contribution < -0.4 is 5.32 Å². The third-order valence-corrected chi connectivity index (χ3v) is 3.56. The molecule has 0 unspecified atom stereocenters. The van der Waals surface area contributed by atoms with Gasteiger partial charge in [-0.05, 0) is 55.0 Å². The number of carbonyl (C=O) groups excluding carboxylic acids is 1. The third-order valence-electron chi connectivity index (χ3n) is 3.56. The maximum absolute atomic E-state index is 13.0. The summed E-state index contributed by atoms with van der Waals surface area (Å²) in [7, 11) is 0. The molecule has 0 bridgehead atoms. The van der Waals surface area contributed by atoms with Gasteiger partial charge in [0.25, 0.3) is 5.91 Å². The first-order valence-corrected chi connectivity index (χ1v) is 7.40. The molecule has 0 atom stereocenters. The number of anilines is 1. The van der Waals surface area contributed by atoms with Crippen LogP contribution in [-0.2, 0) is 6.61 Å². The fourth-order valence-electron chi connectivity index (χ4n) is 2.37. The van der Waals surface area contributed by atoms with E-state index in [0.717, 1.165) is 5.69 Å². The van der Waals surface area contributed by atoms with Gasteiger partial charge in [0.15, 0.2) is 5.69 Å². The lowest BCUT2D eigenvalue weighted by Gasteiger charge is -2.05. The Kier molecular flexibility index (Phi) is 4.39. The summed E-state index contributed by atoms with van der Waals surface area (Å²) in [5.74, 6) is -0.681.